The molecule has 1 amide bonds. The van der Waals surface area contributed by atoms with Gasteiger partial charge >= 0.3 is 0 Å². The Morgan fingerprint density at radius 1 is 1.37 bits per heavy atom. The predicted octanol–water partition coefficient (Wildman–Crippen LogP) is 3.44. The molecule has 0 bridgehead atoms. The number of nitrogens with zero attached hydrogens (tertiary/aromatic N) is 3. The minimum absolute atomic E-state index is 0.00916. The normalized spacial score (nSPS) is 16.4. The highest BCUT2D eigenvalue weighted by molar-refractivity contribution is 8.01. The van der Waals surface area contributed by atoms with Crippen LogP contribution in [0, 0.1) is 0 Å². The van der Waals surface area contributed by atoms with E-state index in [-0.39, 0.29) is 11.9 Å². The van der Waals surface area contributed by atoms with Crippen molar-refractivity contribution in [1.82, 2.24) is 15.1 Å². The average molecular weight is 409 g/mol. The highest BCUT2D eigenvalue weighted by Gasteiger charge is 2.32. The Kier molecular flexibility index (Phi) is 6.78. The third-order valence-electron chi connectivity index (χ3n) is 4.42. The third-order valence-corrected chi connectivity index (χ3v) is 6.42. The largest absolute Gasteiger partial charge is 0.497 e. The fourth-order valence-corrected chi connectivity index (χ4v) is 4.89. The minimum Gasteiger partial charge on any atom is -0.497 e. The van der Waals surface area contributed by atoms with E-state index >= 15 is 0 Å². The smallest absolute Gasteiger partial charge is 0.233 e. The van der Waals surface area contributed by atoms with Gasteiger partial charge in [-0.2, -0.15) is 0 Å². The highest BCUT2D eigenvalue weighted by atomic mass is 32.2. The second-order valence-corrected chi connectivity index (χ2v) is 8.25. The van der Waals surface area contributed by atoms with Crippen LogP contribution in [-0.2, 0) is 4.79 Å². The summed E-state index contributed by atoms with van der Waals surface area (Å²) in [6, 6.07) is 5.75. The molecule has 7 nitrogen and oxygen atoms in total. The summed E-state index contributed by atoms with van der Waals surface area (Å²) < 4.78 is 11.7. The Hall–Kier alpha value is -2.00. The topological polar surface area (TPSA) is 76.6 Å². The summed E-state index contributed by atoms with van der Waals surface area (Å²) in [5.41, 5.74) is 0.998. The summed E-state index contributed by atoms with van der Waals surface area (Å²) in [7, 11) is 3.29. The first-order chi connectivity index (χ1) is 13.2. The number of benzene rings is 1. The fourth-order valence-electron chi connectivity index (χ4n) is 3.19. The van der Waals surface area contributed by atoms with Gasteiger partial charge in [-0.3, -0.25) is 4.79 Å². The highest BCUT2D eigenvalue weighted by Crippen LogP contribution is 2.39. The first kappa shape index (κ1) is 19.8. The van der Waals surface area contributed by atoms with E-state index in [9.17, 15) is 4.79 Å². The maximum Gasteiger partial charge on any atom is 0.233 e. The van der Waals surface area contributed by atoms with E-state index in [1.54, 1.807) is 14.2 Å². The Balaban J connectivity index is 1.69. The predicted molar refractivity (Wildman–Crippen MR) is 108 cm³/mol. The van der Waals surface area contributed by atoms with Gasteiger partial charge in [0.05, 0.1) is 26.0 Å². The quantitative estimate of drug-likeness (QED) is 0.671. The summed E-state index contributed by atoms with van der Waals surface area (Å²) in [5.74, 6) is 2.01. The van der Waals surface area contributed by atoms with Crippen LogP contribution in [0.1, 0.15) is 31.4 Å². The standard InChI is InChI=1S/C18H24N4O3S2/c1-4-19-17-20-21-18(27-17)26-11-16(23)22-9-5-6-14(22)13-10-12(24-2)7-8-15(13)25-3/h7-8,10,14H,4-6,9,11H2,1-3H3,(H,19,20)/t14-/m0/s1. The number of nitrogens with one attached hydrogen (secondary N) is 1. The lowest BCUT2D eigenvalue weighted by Gasteiger charge is -2.26. The van der Waals surface area contributed by atoms with Crippen LogP contribution >= 0.6 is 23.1 Å². The van der Waals surface area contributed by atoms with Crippen molar-refractivity contribution in [3.05, 3.63) is 23.8 Å². The lowest BCUT2D eigenvalue weighted by Crippen LogP contribution is -2.32. The number of anilines is 1. The second-order valence-electron chi connectivity index (χ2n) is 6.05. The van der Waals surface area contributed by atoms with E-state index in [1.165, 1.54) is 23.1 Å². The molecule has 1 N–H and O–H groups in total. The molecule has 9 heteroatoms. The van der Waals surface area contributed by atoms with Gasteiger partial charge in [-0.1, -0.05) is 23.1 Å². The molecule has 2 heterocycles. The van der Waals surface area contributed by atoms with E-state index < -0.39 is 0 Å². The molecule has 1 aromatic carbocycles. The number of aromatic nitrogens is 2. The maximum absolute atomic E-state index is 12.9. The Bertz CT molecular complexity index is 784. The van der Waals surface area contributed by atoms with Crippen molar-refractivity contribution >= 4 is 34.1 Å². The number of rotatable bonds is 8. The number of hydrogen-bond acceptors (Lipinski definition) is 8. The lowest BCUT2D eigenvalue weighted by atomic mass is 10.0. The summed E-state index contributed by atoms with van der Waals surface area (Å²) >= 11 is 2.91. The molecule has 27 heavy (non-hydrogen) atoms. The third kappa shape index (κ3) is 4.65. The summed E-state index contributed by atoms with van der Waals surface area (Å²) in [6.45, 7) is 3.57. The molecule has 0 aliphatic carbocycles. The fraction of sp³-hybridized carbons (Fsp3) is 0.500. The van der Waals surface area contributed by atoms with Crippen LogP contribution in [0.4, 0.5) is 5.13 Å². The Morgan fingerprint density at radius 3 is 2.96 bits per heavy atom. The molecule has 0 unspecified atom stereocenters. The molecule has 2 aromatic rings. The minimum atomic E-state index is 0.00916. The molecule has 1 aliphatic heterocycles. The van der Waals surface area contributed by atoms with E-state index in [0.29, 0.717) is 5.75 Å². The van der Waals surface area contributed by atoms with Crippen molar-refractivity contribution in [2.45, 2.75) is 30.1 Å². The van der Waals surface area contributed by atoms with Gasteiger partial charge in [0.15, 0.2) is 4.34 Å². The van der Waals surface area contributed by atoms with Crippen LogP contribution in [0.2, 0.25) is 0 Å². The summed E-state index contributed by atoms with van der Waals surface area (Å²) in [4.78, 5) is 14.8. The average Bonchev–Trinajstić information content (AvgIpc) is 3.35. The van der Waals surface area contributed by atoms with Crippen molar-refractivity contribution in [2.75, 3.05) is 38.4 Å². The van der Waals surface area contributed by atoms with Crippen LogP contribution in [0.25, 0.3) is 0 Å². The van der Waals surface area contributed by atoms with Crippen molar-refractivity contribution in [1.29, 1.82) is 0 Å². The number of methoxy groups -OCH3 is 2. The monoisotopic (exact) mass is 408 g/mol. The molecular formula is C18H24N4O3S2. The van der Waals surface area contributed by atoms with E-state index in [2.05, 4.69) is 15.5 Å². The molecule has 1 atom stereocenters. The van der Waals surface area contributed by atoms with Gasteiger partial charge in [-0.15, -0.1) is 10.2 Å². The van der Waals surface area contributed by atoms with Crippen LogP contribution < -0.4 is 14.8 Å². The molecule has 3 rings (SSSR count). The van der Waals surface area contributed by atoms with Crippen LogP contribution in [0.5, 0.6) is 11.5 Å². The van der Waals surface area contributed by atoms with Gasteiger partial charge in [0.1, 0.15) is 11.5 Å². The zero-order valence-corrected chi connectivity index (χ0v) is 17.4. The van der Waals surface area contributed by atoms with Crippen molar-refractivity contribution in [2.24, 2.45) is 0 Å². The van der Waals surface area contributed by atoms with Crippen LogP contribution in [-0.4, -0.2) is 54.1 Å². The lowest BCUT2D eigenvalue weighted by molar-refractivity contribution is -0.129. The number of ether oxygens (including phenoxy) is 2. The number of carbonyl (C=O) groups excluding carboxylic acids is 1. The Labute approximate surface area is 167 Å². The Morgan fingerprint density at radius 2 is 2.22 bits per heavy atom. The molecule has 1 aliphatic rings. The summed E-state index contributed by atoms with van der Waals surface area (Å²) in [6.07, 6.45) is 1.90. The number of hydrogen-bond donors (Lipinski definition) is 1. The SMILES string of the molecule is CCNc1nnc(SCC(=O)N2CCC[C@H]2c2cc(OC)ccc2OC)s1. The van der Waals surface area contributed by atoms with E-state index in [1.807, 2.05) is 30.0 Å². The molecule has 0 saturated carbocycles. The summed E-state index contributed by atoms with van der Waals surface area (Å²) in [5, 5.41) is 12.1. The van der Waals surface area contributed by atoms with E-state index in [0.717, 1.165) is 52.5 Å². The molecule has 146 valence electrons. The number of carbonyl (C=O) groups is 1. The van der Waals surface area contributed by atoms with Crippen LogP contribution in [0.15, 0.2) is 22.5 Å². The zero-order valence-electron chi connectivity index (χ0n) is 15.7. The van der Waals surface area contributed by atoms with Gasteiger partial charge < -0.3 is 19.7 Å². The number of thioether (sulfide) groups is 1. The molecular weight excluding hydrogens is 384 g/mol. The molecule has 1 saturated heterocycles. The van der Waals surface area contributed by atoms with Gasteiger partial charge in [-0.05, 0) is 38.0 Å². The van der Waals surface area contributed by atoms with Gasteiger partial charge in [0.2, 0.25) is 11.0 Å². The molecule has 1 aromatic heterocycles. The van der Waals surface area contributed by atoms with E-state index in [4.69, 9.17) is 9.47 Å². The van der Waals surface area contributed by atoms with Crippen LogP contribution in [0.3, 0.4) is 0 Å². The first-order valence-corrected chi connectivity index (χ1v) is 10.7. The number of likely N-dealkylation sites (tertiary alicyclic amines) is 1. The maximum atomic E-state index is 12.9. The van der Waals surface area contributed by atoms with Crippen molar-refractivity contribution < 1.29 is 14.3 Å². The second kappa shape index (κ2) is 9.27. The van der Waals surface area contributed by atoms with Gasteiger partial charge in [-0.25, -0.2) is 0 Å². The van der Waals surface area contributed by atoms with Crippen molar-refractivity contribution in [3.63, 3.8) is 0 Å². The zero-order chi connectivity index (χ0) is 19.2. The number of amides is 1. The van der Waals surface area contributed by atoms with Crippen molar-refractivity contribution in [3.8, 4) is 11.5 Å². The van der Waals surface area contributed by atoms with Gasteiger partial charge in [0, 0.05) is 18.7 Å². The van der Waals surface area contributed by atoms with Gasteiger partial charge in [0.25, 0.3) is 0 Å². The first-order valence-electron chi connectivity index (χ1n) is 8.87. The molecule has 0 spiro atoms. The molecule has 1 fully saturated rings. The molecule has 0 radical (unpaired) electrons.